The molecule has 1 aromatic carbocycles. The number of nitrogens with one attached hydrogen (secondary N) is 2. The van der Waals surface area contributed by atoms with Crippen molar-refractivity contribution >= 4 is 22.8 Å². The van der Waals surface area contributed by atoms with Crippen LogP contribution < -0.4 is 15.4 Å². The molecule has 6 heteroatoms. The summed E-state index contributed by atoms with van der Waals surface area (Å²) in [5, 5.41) is 6.51. The zero-order chi connectivity index (χ0) is 16.2. The summed E-state index contributed by atoms with van der Waals surface area (Å²) >= 11 is 0. The highest BCUT2D eigenvalue weighted by molar-refractivity contribution is 5.91. The van der Waals surface area contributed by atoms with Crippen molar-refractivity contribution in [2.24, 2.45) is 0 Å². The molecule has 1 atom stereocenters. The highest BCUT2D eigenvalue weighted by Crippen LogP contribution is 2.25. The van der Waals surface area contributed by atoms with Gasteiger partial charge in [-0.3, -0.25) is 9.59 Å². The van der Waals surface area contributed by atoms with Gasteiger partial charge in [-0.25, -0.2) is 0 Å². The van der Waals surface area contributed by atoms with E-state index in [0.29, 0.717) is 24.3 Å². The Balaban J connectivity index is 1.69. The number of hydrogen-bond acceptors (Lipinski definition) is 4. The standard InChI is InChI=1S/C17H20N2O4/c1-22-12-5-6-13-11(10-23-15(13)9-12)8-16(20)19-14-4-2-3-7-18-17(14)21/h5-6,9-10,14H,2-4,7-8H2,1H3,(H,18,21)(H,19,20)/t14-/m0/s1. The molecule has 0 spiro atoms. The SMILES string of the molecule is COc1ccc2c(CC(=O)N[C@H]3CCCCNC3=O)coc2c1. The zero-order valence-corrected chi connectivity index (χ0v) is 13.1. The number of furan rings is 1. The van der Waals surface area contributed by atoms with Gasteiger partial charge in [0.05, 0.1) is 19.8 Å². The molecule has 1 saturated heterocycles. The largest absolute Gasteiger partial charge is 0.497 e. The number of methoxy groups -OCH3 is 1. The molecule has 2 amide bonds. The molecule has 1 aliphatic heterocycles. The van der Waals surface area contributed by atoms with E-state index in [0.717, 1.165) is 23.8 Å². The molecule has 2 N–H and O–H groups in total. The van der Waals surface area contributed by atoms with E-state index in [9.17, 15) is 9.59 Å². The van der Waals surface area contributed by atoms with Crippen LogP contribution in [0.15, 0.2) is 28.9 Å². The second-order valence-electron chi connectivity index (χ2n) is 5.71. The highest BCUT2D eigenvalue weighted by atomic mass is 16.5. The van der Waals surface area contributed by atoms with E-state index < -0.39 is 6.04 Å². The van der Waals surface area contributed by atoms with Crippen LogP contribution >= 0.6 is 0 Å². The average molecular weight is 316 g/mol. The van der Waals surface area contributed by atoms with Gasteiger partial charge in [0, 0.05) is 23.6 Å². The summed E-state index contributed by atoms with van der Waals surface area (Å²) in [6.45, 7) is 0.680. The lowest BCUT2D eigenvalue weighted by Gasteiger charge is -2.14. The predicted molar refractivity (Wildman–Crippen MR) is 85.3 cm³/mol. The number of amides is 2. The molecule has 2 aromatic rings. The van der Waals surface area contributed by atoms with E-state index in [1.165, 1.54) is 0 Å². The second kappa shape index (κ2) is 6.73. The Morgan fingerprint density at radius 2 is 2.30 bits per heavy atom. The van der Waals surface area contributed by atoms with Gasteiger partial charge < -0.3 is 19.8 Å². The van der Waals surface area contributed by atoms with E-state index >= 15 is 0 Å². The number of fused-ring (bicyclic) bond motifs is 1. The van der Waals surface area contributed by atoms with E-state index in [-0.39, 0.29) is 18.2 Å². The lowest BCUT2D eigenvalue weighted by atomic mass is 10.1. The number of benzene rings is 1. The molecule has 0 saturated carbocycles. The fourth-order valence-corrected chi connectivity index (χ4v) is 2.82. The summed E-state index contributed by atoms with van der Waals surface area (Å²) in [6.07, 6.45) is 4.32. The van der Waals surface area contributed by atoms with Gasteiger partial charge in [-0.2, -0.15) is 0 Å². The van der Waals surface area contributed by atoms with Gasteiger partial charge in [-0.15, -0.1) is 0 Å². The summed E-state index contributed by atoms with van der Waals surface area (Å²) < 4.78 is 10.6. The van der Waals surface area contributed by atoms with Crippen LogP contribution in [0.1, 0.15) is 24.8 Å². The molecule has 0 radical (unpaired) electrons. The van der Waals surface area contributed by atoms with Gasteiger partial charge >= 0.3 is 0 Å². The van der Waals surface area contributed by atoms with Crippen LogP contribution in [0.4, 0.5) is 0 Å². The van der Waals surface area contributed by atoms with Gasteiger partial charge in [0.2, 0.25) is 11.8 Å². The third-order valence-corrected chi connectivity index (χ3v) is 4.08. The molecular weight excluding hydrogens is 296 g/mol. The number of hydrogen-bond donors (Lipinski definition) is 2. The quantitative estimate of drug-likeness (QED) is 0.901. The lowest BCUT2D eigenvalue weighted by molar-refractivity contribution is -0.128. The van der Waals surface area contributed by atoms with Crippen molar-refractivity contribution in [2.45, 2.75) is 31.7 Å². The fourth-order valence-electron chi connectivity index (χ4n) is 2.82. The molecule has 0 bridgehead atoms. The Morgan fingerprint density at radius 3 is 3.13 bits per heavy atom. The first-order valence-corrected chi connectivity index (χ1v) is 7.78. The number of carbonyl (C=O) groups excluding carboxylic acids is 2. The summed E-state index contributed by atoms with van der Waals surface area (Å²) in [6, 6.07) is 5.05. The molecule has 1 aliphatic rings. The van der Waals surface area contributed by atoms with Crippen LogP contribution in [-0.4, -0.2) is 31.5 Å². The Hall–Kier alpha value is -2.50. The topological polar surface area (TPSA) is 80.6 Å². The highest BCUT2D eigenvalue weighted by Gasteiger charge is 2.22. The molecule has 1 aromatic heterocycles. The summed E-state index contributed by atoms with van der Waals surface area (Å²) in [5.74, 6) is 0.432. The first-order valence-electron chi connectivity index (χ1n) is 7.78. The minimum atomic E-state index is -0.441. The van der Waals surface area contributed by atoms with Crippen molar-refractivity contribution < 1.29 is 18.7 Å². The molecular formula is C17H20N2O4. The van der Waals surface area contributed by atoms with Crippen molar-refractivity contribution in [1.82, 2.24) is 10.6 Å². The Bertz CT molecular complexity index is 722. The van der Waals surface area contributed by atoms with Gasteiger partial charge in [0.1, 0.15) is 17.4 Å². The average Bonchev–Trinajstić information content (AvgIpc) is 2.83. The van der Waals surface area contributed by atoms with Crippen molar-refractivity contribution in [2.75, 3.05) is 13.7 Å². The summed E-state index contributed by atoms with van der Waals surface area (Å²) in [7, 11) is 1.59. The Kier molecular flexibility index (Phi) is 4.50. The van der Waals surface area contributed by atoms with Crippen LogP contribution in [0.25, 0.3) is 11.0 Å². The van der Waals surface area contributed by atoms with Gasteiger partial charge in [0.15, 0.2) is 0 Å². The molecule has 1 fully saturated rings. The molecule has 2 heterocycles. The normalized spacial score (nSPS) is 18.3. The number of rotatable bonds is 4. The third-order valence-electron chi connectivity index (χ3n) is 4.08. The Labute approximate surface area is 134 Å². The molecule has 122 valence electrons. The molecule has 0 unspecified atom stereocenters. The monoisotopic (exact) mass is 316 g/mol. The van der Waals surface area contributed by atoms with Gasteiger partial charge in [-0.05, 0) is 31.4 Å². The first kappa shape index (κ1) is 15.4. The number of ether oxygens (including phenoxy) is 1. The smallest absolute Gasteiger partial charge is 0.242 e. The van der Waals surface area contributed by atoms with Crippen molar-refractivity contribution in [3.05, 3.63) is 30.0 Å². The van der Waals surface area contributed by atoms with E-state index in [1.807, 2.05) is 12.1 Å². The van der Waals surface area contributed by atoms with Crippen LogP contribution in [0.2, 0.25) is 0 Å². The van der Waals surface area contributed by atoms with Crippen LogP contribution in [0.5, 0.6) is 5.75 Å². The maximum Gasteiger partial charge on any atom is 0.242 e. The number of carbonyl (C=O) groups is 2. The minimum Gasteiger partial charge on any atom is -0.497 e. The van der Waals surface area contributed by atoms with Gasteiger partial charge in [0.25, 0.3) is 0 Å². The first-order chi connectivity index (χ1) is 11.2. The minimum absolute atomic E-state index is 0.0994. The third kappa shape index (κ3) is 3.47. The van der Waals surface area contributed by atoms with Gasteiger partial charge in [-0.1, -0.05) is 0 Å². The Morgan fingerprint density at radius 1 is 1.43 bits per heavy atom. The van der Waals surface area contributed by atoms with Crippen LogP contribution in [0.3, 0.4) is 0 Å². The van der Waals surface area contributed by atoms with Crippen molar-refractivity contribution in [3.63, 3.8) is 0 Å². The molecule has 3 rings (SSSR count). The molecule has 0 aliphatic carbocycles. The predicted octanol–water partition coefficient (Wildman–Crippen LogP) is 1.77. The maximum atomic E-state index is 12.2. The van der Waals surface area contributed by atoms with Crippen LogP contribution in [0, 0.1) is 0 Å². The molecule has 23 heavy (non-hydrogen) atoms. The van der Waals surface area contributed by atoms with Crippen LogP contribution in [-0.2, 0) is 16.0 Å². The zero-order valence-electron chi connectivity index (χ0n) is 13.1. The van der Waals surface area contributed by atoms with Crippen molar-refractivity contribution in [1.29, 1.82) is 0 Å². The van der Waals surface area contributed by atoms with E-state index in [1.54, 1.807) is 19.4 Å². The fraction of sp³-hybridized carbons (Fsp3) is 0.412. The maximum absolute atomic E-state index is 12.2. The van der Waals surface area contributed by atoms with E-state index in [2.05, 4.69) is 10.6 Å². The summed E-state index contributed by atoms with van der Waals surface area (Å²) in [5.41, 5.74) is 1.48. The second-order valence-corrected chi connectivity index (χ2v) is 5.71. The summed E-state index contributed by atoms with van der Waals surface area (Å²) in [4.78, 5) is 24.1. The lowest BCUT2D eigenvalue weighted by Crippen LogP contribution is -2.45. The van der Waals surface area contributed by atoms with E-state index in [4.69, 9.17) is 9.15 Å². The van der Waals surface area contributed by atoms with Crippen molar-refractivity contribution in [3.8, 4) is 5.75 Å². The molecule has 6 nitrogen and oxygen atoms in total.